The maximum Gasteiger partial charge on any atom is 0.184 e. The summed E-state index contributed by atoms with van der Waals surface area (Å²) in [5.74, 6) is 0.217. The zero-order valence-corrected chi connectivity index (χ0v) is 9.43. The molecule has 1 aromatic carbocycles. The van der Waals surface area contributed by atoms with Crippen molar-refractivity contribution >= 4 is 23.5 Å². The number of hydrazone groups is 1. The van der Waals surface area contributed by atoms with Gasteiger partial charge in [-0.3, -0.25) is 5.43 Å². The predicted octanol–water partition coefficient (Wildman–Crippen LogP) is 1.18. The van der Waals surface area contributed by atoms with E-state index in [0.29, 0.717) is 5.56 Å². The molecule has 80 valence electrons. The van der Waals surface area contributed by atoms with Crippen LogP contribution in [-0.4, -0.2) is 16.4 Å². The summed E-state index contributed by atoms with van der Waals surface area (Å²) < 4.78 is 0. The number of phenols is 1. The second-order valence-corrected chi connectivity index (χ2v) is 3.69. The van der Waals surface area contributed by atoms with E-state index >= 15 is 0 Å². The Labute approximate surface area is 93.8 Å². The molecule has 0 aliphatic carbocycles. The molecule has 0 heterocycles. The summed E-state index contributed by atoms with van der Waals surface area (Å²) in [6.07, 6.45) is 1.48. The van der Waals surface area contributed by atoms with Crippen LogP contribution >= 0.6 is 12.2 Å². The molecule has 4 nitrogen and oxygen atoms in total. The van der Waals surface area contributed by atoms with Crippen LogP contribution in [0.3, 0.4) is 0 Å². The molecule has 0 fully saturated rings. The minimum absolute atomic E-state index is 0.0927. The van der Waals surface area contributed by atoms with Crippen molar-refractivity contribution in [2.75, 3.05) is 0 Å². The Bertz CT molecular complexity index is 415. The molecule has 0 radical (unpaired) electrons. The van der Waals surface area contributed by atoms with Gasteiger partial charge in [-0.15, -0.1) is 0 Å². The molecule has 0 aliphatic rings. The maximum atomic E-state index is 9.70. The highest BCUT2D eigenvalue weighted by Gasteiger charge is 2.02. The monoisotopic (exact) mass is 223 g/mol. The van der Waals surface area contributed by atoms with E-state index in [1.165, 1.54) is 6.21 Å². The van der Waals surface area contributed by atoms with Gasteiger partial charge in [0.15, 0.2) is 5.11 Å². The Morgan fingerprint density at radius 2 is 2.20 bits per heavy atom. The number of thiocarbonyl (C=S) groups is 1. The van der Waals surface area contributed by atoms with E-state index in [1.807, 2.05) is 26.0 Å². The van der Waals surface area contributed by atoms with E-state index in [2.05, 4.69) is 22.7 Å². The van der Waals surface area contributed by atoms with Gasteiger partial charge >= 0.3 is 0 Å². The van der Waals surface area contributed by atoms with E-state index in [0.717, 1.165) is 11.1 Å². The van der Waals surface area contributed by atoms with Gasteiger partial charge in [0.1, 0.15) is 5.75 Å². The quantitative estimate of drug-likeness (QED) is 0.400. The highest BCUT2D eigenvalue weighted by atomic mass is 32.1. The number of hydrogen-bond acceptors (Lipinski definition) is 3. The number of rotatable bonds is 2. The molecule has 0 saturated heterocycles. The van der Waals surface area contributed by atoms with E-state index in [4.69, 9.17) is 5.73 Å². The summed E-state index contributed by atoms with van der Waals surface area (Å²) >= 11 is 4.59. The van der Waals surface area contributed by atoms with E-state index in [1.54, 1.807) is 0 Å². The molecule has 0 bridgehead atoms. The number of phenolic OH excluding ortho intramolecular Hbond substituents is 1. The Kier molecular flexibility index (Phi) is 3.62. The third kappa shape index (κ3) is 3.21. The predicted molar refractivity (Wildman–Crippen MR) is 65.1 cm³/mol. The first-order chi connectivity index (χ1) is 7.00. The van der Waals surface area contributed by atoms with E-state index in [9.17, 15) is 5.11 Å². The molecule has 0 amide bonds. The largest absolute Gasteiger partial charge is 0.507 e. The summed E-state index contributed by atoms with van der Waals surface area (Å²) in [6, 6.07) is 3.72. The molecule has 1 aromatic rings. The number of benzene rings is 1. The lowest BCUT2D eigenvalue weighted by Crippen LogP contribution is -2.24. The molecule has 0 saturated carbocycles. The van der Waals surface area contributed by atoms with Crippen molar-refractivity contribution in [3.63, 3.8) is 0 Å². The standard InChI is InChI=1S/C10H13N3OS/c1-6-3-7(2)9(14)8(4-6)5-12-13-10(11)15/h3-5,14H,1-2H3,(H3,11,13,15). The van der Waals surface area contributed by atoms with Crippen molar-refractivity contribution < 1.29 is 5.11 Å². The van der Waals surface area contributed by atoms with E-state index < -0.39 is 0 Å². The molecule has 5 heteroatoms. The Morgan fingerprint density at radius 1 is 1.53 bits per heavy atom. The van der Waals surface area contributed by atoms with Gasteiger partial charge in [0, 0.05) is 5.56 Å². The van der Waals surface area contributed by atoms with Crippen molar-refractivity contribution in [2.45, 2.75) is 13.8 Å². The first kappa shape index (κ1) is 11.5. The van der Waals surface area contributed by atoms with E-state index in [-0.39, 0.29) is 10.9 Å². The van der Waals surface area contributed by atoms with Gasteiger partial charge in [0.2, 0.25) is 0 Å². The molecule has 0 unspecified atom stereocenters. The van der Waals surface area contributed by atoms with Crippen molar-refractivity contribution in [3.8, 4) is 5.75 Å². The van der Waals surface area contributed by atoms with Crippen LogP contribution in [-0.2, 0) is 0 Å². The summed E-state index contributed by atoms with van der Waals surface area (Å²) in [4.78, 5) is 0. The summed E-state index contributed by atoms with van der Waals surface area (Å²) in [5.41, 5.74) is 10.1. The lowest BCUT2D eigenvalue weighted by molar-refractivity contribution is 0.470. The van der Waals surface area contributed by atoms with Gasteiger partial charge < -0.3 is 10.8 Å². The smallest absolute Gasteiger partial charge is 0.184 e. The van der Waals surface area contributed by atoms with Crippen LogP contribution in [0.15, 0.2) is 17.2 Å². The van der Waals surface area contributed by atoms with Gasteiger partial charge in [-0.25, -0.2) is 0 Å². The molecular weight excluding hydrogens is 210 g/mol. The van der Waals surface area contributed by atoms with Crippen molar-refractivity contribution in [2.24, 2.45) is 10.8 Å². The lowest BCUT2D eigenvalue weighted by atomic mass is 10.1. The molecule has 0 atom stereocenters. The maximum absolute atomic E-state index is 9.70. The lowest BCUT2D eigenvalue weighted by Gasteiger charge is -2.04. The van der Waals surface area contributed by atoms with Crippen LogP contribution in [0.1, 0.15) is 16.7 Å². The second kappa shape index (κ2) is 4.75. The van der Waals surface area contributed by atoms with Gasteiger partial charge in [0.25, 0.3) is 0 Å². The summed E-state index contributed by atoms with van der Waals surface area (Å²) in [7, 11) is 0. The first-order valence-electron chi connectivity index (χ1n) is 4.39. The van der Waals surface area contributed by atoms with Crippen molar-refractivity contribution in [1.29, 1.82) is 0 Å². The van der Waals surface area contributed by atoms with Gasteiger partial charge in [-0.2, -0.15) is 5.10 Å². The number of aryl methyl sites for hydroxylation is 2. The fourth-order valence-corrected chi connectivity index (χ4v) is 1.31. The van der Waals surface area contributed by atoms with Crippen molar-refractivity contribution in [3.05, 3.63) is 28.8 Å². The number of nitrogens with one attached hydrogen (secondary N) is 1. The van der Waals surface area contributed by atoms with Gasteiger partial charge in [-0.1, -0.05) is 6.07 Å². The Balaban J connectivity index is 2.94. The number of nitrogens with zero attached hydrogens (tertiary/aromatic N) is 1. The summed E-state index contributed by atoms with van der Waals surface area (Å²) in [5, 5.41) is 13.6. The van der Waals surface area contributed by atoms with Gasteiger partial charge in [0.05, 0.1) is 6.21 Å². The number of hydrogen-bond donors (Lipinski definition) is 3. The second-order valence-electron chi connectivity index (χ2n) is 3.25. The van der Waals surface area contributed by atoms with Crippen LogP contribution in [0.2, 0.25) is 0 Å². The average molecular weight is 223 g/mol. The first-order valence-corrected chi connectivity index (χ1v) is 4.80. The Morgan fingerprint density at radius 3 is 2.80 bits per heavy atom. The van der Waals surface area contributed by atoms with Crippen molar-refractivity contribution in [1.82, 2.24) is 5.43 Å². The fourth-order valence-electron chi connectivity index (χ4n) is 1.26. The summed E-state index contributed by atoms with van der Waals surface area (Å²) in [6.45, 7) is 3.78. The molecule has 0 aliphatic heterocycles. The topological polar surface area (TPSA) is 70.6 Å². The minimum atomic E-state index is 0.0927. The third-order valence-corrected chi connectivity index (χ3v) is 1.94. The molecule has 15 heavy (non-hydrogen) atoms. The van der Waals surface area contributed by atoms with Crippen LogP contribution in [0, 0.1) is 13.8 Å². The highest BCUT2D eigenvalue weighted by Crippen LogP contribution is 2.21. The Hall–Kier alpha value is -1.62. The van der Waals surface area contributed by atoms with Crippen LogP contribution in [0.5, 0.6) is 5.75 Å². The number of aromatic hydroxyl groups is 1. The van der Waals surface area contributed by atoms with Gasteiger partial charge in [-0.05, 0) is 43.3 Å². The minimum Gasteiger partial charge on any atom is -0.507 e. The van der Waals surface area contributed by atoms with Crippen LogP contribution in [0.25, 0.3) is 0 Å². The molecule has 4 N–H and O–H groups in total. The highest BCUT2D eigenvalue weighted by molar-refractivity contribution is 7.80. The molecule has 0 spiro atoms. The SMILES string of the molecule is Cc1cc(C)c(O)c(C=NNC(N)=S)c1. The number of nitrogens with two attached hydrogens (primary N) is 1. The van der Waals surface area contributed by atoms with Crippen LogP contribution < -0.4 is 11.2 Å². The fraction of sp³-hybridized carbons (Fsp3) is 0.200. The molecule has 1 rings (SSSR count). The molecular formula is C10H13N3OS. The normalized spacial score (nSPS) is 10.5. The zero-order chi connectivity index (χ0) is 11.4. The van der Waals surface area contributed by atoms with Crippen LogP contribution in [0.4, 0.5) is 0 Å². The molecule has 0 aromatic heterocycles. The average Bonchev–Trinajstić information content (AvgIpc) is 2.12. The third-order valence-electron chi connectivity index (χ3n) is 1.85. The zero-order valence-electron chi connectivity index (χ0n) is 8.61.